The Morgan fingerprint density at radius 3 is 2.81 bits per heavy atom. The zero-order valence-electron chi connectivity index (χ0n) is 11.1. The van der Waals surface area contributed by atoms with Crippen LogP contribution in [-0.2, 0) is 0 Å². The van der Waals surface area contributed by atoms with Crippen LogP contribution in [0.4, 0.5) is 10.1 Å². The number of non-ortho nitro benzene ring substituents is 1. The average molecular weight is 288 g/mol. The lowest BCUT2D eigenvalue weighted by atomic mass is 9.97. The van der Waals surface area contributed by atoms with E-state index in [0.29, 0.717) is 30.0 Å². The van der Waals surface area contributed by atoms with Crippen molar-refractivity contribution in [3.63, 3.8) is 0 Å². The van der Waals surface area contributed by atoms with E-state index in [4.69, 9.17) is 4.74 Å². The van der Waals surface area contributed by atoms with Gasteiger partial charge >= 0.3 is 0 Å². The minimum Gasteiger partial charge on any atom is -0.492 e. The van der Waals surface area contributed by atoms with Gasteiger partial charge in [-0.25, -0.2) is 4.39 Å². The summed E-state index contributed by atoms with van der Waals surface area (Å²) >= 11 is 0. The second kappa shape index (κ2) is 5.49. The summed E-state index contributed by atoms with van der Waals surface area (Å²) in [5, 5.41) is 14.1. The van der Waals surface area contributed by atoms with Crippen LogP contribution in [0.5, 0.6) is 5.75 Å². The minimum absolute atomic E-state index is 0.0395. The number of halogens is 1. The van der Waals surface area contributed by atoms with E-state index in [2.05, 4.69) is 5.32 Å². The molecule has 0 fully saturated rings. The van der Waals surface area contributed by atoms with E-state index >= 15 is 0 Å². The van der Waals surface area contributed by atoms with Crippen LogP contribution in [0.2, 0.25) is 0 Å². The van der Waals surface area contributed by atoms with E-state index in [-0.39, 0.29) is 11.5 Å². The highest BCUT2D eigenvalue weighted by molar-refractivity contribution is 5.49. The van der Waals surface area contributed by atoms with E-state index < -0.39 is 11.0 Å². The summed E-state index contributed by atoms with van der Waals surface area (Å²) in [6.45, 7) is 0.956. The predicted octanol–water partition coefficient (Wildman–Crippen LogP) is 2.81. The van der Waals surface area contributed by atoms with E-state index in [9.17, 15) is 14.5 Å². The molecule has 1 N–H and O–H groups in total. The SMILES string of the molecule is O=[N+]([O-])c1ccc2c(c1)C(c1ccccc1F)NCCO2. The predicted molar refractivity (Wildman–Crippen MR) is 74.8 cm³/mol. The Labute approximate surface area is 120 Å². The van der Waals surface area contributed by atoms with E-state index in [1.807, 2.05) is 0 Å². The van der Waals surface area contributed by atoms with Crippen LogP contribution in [0.15, 0.2) is 42.5 Å². The zero-order valence-corrected chi connectivity index (χ0v) is 11.1. The van der Waals surface area contributed by atoms with E-state index in [1.165, 1.54) is 18.2 Å². The first kappa shape index (κ1) is 13.5. The van der Waals surface area contributed by atoms with Crippen molar-refractivity contribution in [2.75, 3.05) is 13.2 Å². The number of ether oxygens (including phenoxy) is 1. The first-order chi connectivity index (χ1) is 10.2. The summed E-state index contributed by atoms with van der Waals surface area (Å²) < 4.78 is 19.6. The summed E-state index contributed by atoms with van der Waals surface area (Å²) in [5.74, 6) is 0.188. The van der Waals surface area contributed by atoms with Gasteiger partial charge < -0.3 is 10.1 Å². The van der Waals surface area contributed by atoms with Crippen LogP contribution in [-0.4, -0.2) is 18.1 Å². The van der Waals surface area contributed by atoms with Crippen molar-refractivity contribution in [2.24, 2.45) is 0 Å². The molecule has 6 heteroatoms. The number of nitro benzene ring substituents is 1. The van der Waals surface area contributed by atoms with Crippen molar-refractivity contribution in [2.45, 2.75) is 6.04 Å². The number of hydrogen-bond acceptors (Lipinski definition) is 4. The number of fused-ring (bicyclic) bond motifs is 1. The van der Waals surface area contributed by atoms with Crippen molar-refractivity contribution in [1.82, 2.24) is 5.32 Å². The second-order valence-electron chi connectivity index (χ2n) is 4.74. The van der Waals surface area contributed by atoms with Gasteiger partial charge in [0.05, 0.1) is 11.0 Å². The van der Waals surface area contributed by atoms with Gasteiger partial charge in [0.1, 0.15) is 18.2 Å². The minimum atomic E-state index is -0.469. The third-order valence-corrected chi connectivity index (χ3v) is 3.44. The Balaban J connectivity index is 2.13. The molecule has 0 aliphatic carbocycles. The molecule has 2 aromatic carbocycles. The highest BCUT2D eigenvalue weighted by Gasteiger charge is 2.25. The number of nitrogens with one attached hydrogen (secondary N) is 1. The third kappa shape index (κ3) is 2.57. The summed E-state index contributed by atoms with van der Waals surface area (Å²) in [4.78, 5) is 10.5. The topological polar surface area (TPSA) is 64.4 Å². The quantitative estimate of drug-likeness (QED) is 0.681. The standard InChI is InChI=1S/C15H13FN2O3/c16-13-4-2-1-3-11(13)15-12-9-10(18(19)20)5-6-14(12)21-8-7-17-15/h1-6,9,15,17H,7-8H2. The maximum absolute atomic E-state index is 14.0. The molecule has 1 atom stereocenters. The Hall–Kier alpha value is -2.47. The maximum atomic E-state index is 14.0. The molecule has 1 aliphatic heterocycles. The normalized spacial score (nSPS) is 17.5. The molecular weight excluding hydrogens is 275 g/mol. The van der Waals surface area contributed by atoms with Crippen LogP contribution >= 0.6 is 0 Å². The summed E-state index contributed by atoms with van der Waals surface area (Å²) in [5.41, 5.74) is 0.985. The molecule has 3 rings (SSSR count). The zero-order chi connectivity index (χ0) is 14.8. The fourth-order valence-corrected chi connectivity index (χ4v) is 2.47. The van der Waals surface area contributed by atoms with Crippen LogP contribution in [0.3, 0.4) is 0 Å². The number of nitro groups is 1. The molecule has 0 spiro atoms. The van der Waals surface area contributed by atoms with Gasteiger partial charge in [-0.05, 0) is 12.1 Å². The van der Waals surface area contributed by atoms with Gasteiger partial charge in [0.25, 0.3) is 5.69 Å². The molecule has 5 nitrogen and oxygen atoms in total. The molecule has 1 heterocycles. The van der Waals surface area contributed by atoms with E-state index in [1.54, 1.807) is 24.3 Å². The summed E-state index contributed by atoms with van der Waals surface area (Å²) in [6.07, 6.45) is 0. The molecule has 0 bridgehead atoms. The molecule has 2 aromatic rings. The lowest BCUT2D eigenvalue weighted by molar-refractivity contribution is -0.384. The second-order valence-corrected chi connectivity index (χ2v) is 4.74. The Bertz CT molecular complexity index is 690. The smallest absolute Gasteiger partial charge is 0.270 e. The first-order valence-corrected chi connectivity index (χ1v) is 6.56. The monoisotopic (exact) mass is 288 g/mol. The Morgan fingerprint density at radius 2 is 2.05 bits per heavy atom. The van der Waals surface area contributed by atoms with Crippen LogP contribution in [0, 0.1) is 15.9 Å². The fraction of sp³-hybridized carbons (Fsp3) is 0.200. The molecule has 21 heavy (non-hydrogen) atoms. The Kier molecular flexibility index (Phi) is 3.53. The van der Waals surface area contributed by atoms with E-state index in [0.717, 1.165) is 0 Å². The molecule has 0 amide bonds. The molecule has 1 unspecified atom stereocenters. The largest absolute Gasteiger partial charge is 0.492 e. The fourth-order valence-electron chi connectivity index (χ4n) is 2.47. The maximum Gasteiger partial charge on any atom is 0.270 e. The van der Waals surface area contributed by atoms with Crippen molar-refractivity contribution in [1.29, 1.82) is 0 Å². The highest BCUT2D eigenvalue weighted by atomic mass is 19.1. The van der Waals surface area contributed by atoms with Gasteiger partial charge in [-0.2, -0.15) is 0 Å². The van der Waals surface area contributed by atoms with Crippen molar-refractivity contribution in [3.8, 4) is 5.75 Å². The molecule has 0 saturated heterocycles. The molecule has 0 saturated carbocycles. The van der Waals surface area contributed by atoms with Crippen LogP contribution in [0.1, 0.15) is 17.2 Å². The van der Waals surface area contributed by atoms with Gasteiger partial charge in [0, 0.05) is 29.8 Å². The van der Waals surface area contributed by atoms with Crippen molar-refractivity contribution in [3.05, 3.63) is 69.5 Å². The number of rotatable bonds is 2. The van der Waals surface area contributed by atoms with Gasteiger partial charge in [0.2, 0.25) is 0 Å². The number of benzene rings is 2. The number of hydrogen-bond donors (Lipinski definition) is 1. The van der Waals surface area contributed by atoms with Gasteiger partial charge in [-0.3, -0.25) is 10.1 Å². The Morgan fingerprint density at radius 1 is 1.24 bits per heavy atom. The summed E-state index contributed by atoms with van der Waals surface area (Å²) in [6, 6.07) is 10.3. The molecule has 1 aliphatic rings. The molecule has 108 valence electrons. The van der Waals surface area contributed by atoms with Gasteiger partial charge in [-0.15, -0.1) is 0 Å². The van der Waals surface area contributed by atoms with Gasteiger partial charge in [0.15, 0.2) is 0 Å². The number of nitrogens with zero attached hydrogens (tertiary/aromatic N) is 1. The lowest BCUT2D eigenvalue weighted by Crippen LogP contribution is -2.24. The summed E-state index contributed by atoms with van der Waals surface area (Å²) in [7, 11) is 0. The molecular formula is C15H13FN2O3. The molecule has 0 radical (unpaired) electrons. The first-order valence-electron chi connectivity index (χ1n) is 6.56. The highest BCUT2D eigenvalue weighted by Crippen LogP contribution is 2.35. The van der Waals surface area contributed by atoms with Gasteiger partial charge in [-0.1, -0.05) is 18.2 Å². The van der Waals surface area contributed by atoms with Crippen LogP contribution in [0.25, 0.3) is 0 Å². The molecule has 0 aromatic heterocycles. The average Bonchev–Trinajstić information content (AvgIpc) is 2.69. The van der Waals surface area contributed by atoms with Crippen LogP contribution < -0.4 is 10.1 Å². The lowest BCUT2D eigenvalue weighted by Gasteiger charge is -2.18. The van der Waals surface area contributed by atoms with Crippen molar-refractivity contribution < 1.29 is 14.1 Å². The van der Waals surface area contributed by atoms with Crippen molar-refractivity contribution >= 4 is 5.69 Å². The third-order valence-electron chi connectivity index (χ3n) is 3.44.